The maximum absolute atomic E-state index is 5.13. The molecular weight excluding hydrogens is 138 g/mol. The predicted octanol–water partition coefficient (Wildman–Crippen LogP) is 2.37. The molecule has 1 aliphatic rings. The van der Waals surface area contributed by atoms with Crippen LogP contribution in [-0.4, -0.2) is 13.0 Å². The topological polar surface area (TPSA) is 21.6 Å². The van der Waals surface area contributed by atoms with Crippen molar-refractivity contribution >= 4 is 6.40 Å². The summed E-state index contributed by atoms with van der Waals surface area (Å²) in [6.45, 7) is 7.20. The second-order valence-corrected chi connectivity index (χ2v) is 3.03. The zero-order valence-corrected chi connectivity index (χ0v) is 7.42. The van der Waals surface area contributed by atoms with Gasteiger partial charge in [-0.15, -0.1) is 0 Å². The summed E-state index contributed by atoms with van der Waals surface area (Å²) in [6, 6.07) is 0. The molecule has 0 aromatic heterocycles. The number of aliphatic imine (C=N–C) groups is 1. The van der Waals surface area contributed by atoms with Gasteiger partial charge < -0.3 is 4.74 Å². The molecule has 0 aromatic rings. The van der Waals surface area contributed by atoms with Gasteiger partial charge in [-0.05, 0) is 17.9 Å². The maximum Gasteiger partial charge on any atom is 0.174 e. The molecule has 0 saturated heterocycles. The van der Waals surface area contributed by atoms with Gasteiger partial charge in [-0.2, -0.15) is 0 Å². The number of nitrogens with zero attached hydrogens (tertiary/aromatic N) is 1. The number of rotatable bonds is 2. The highest BCUT2D eigenvalue weighted by atomic mass is 16.5. The van der Waals surface area contributed by atoms with Crippen LogP contribution >= 0.6 is 0 Å². The fraction of sp³-hybridized carbons (Fsp3) is 0.667. The molecule has 2 nitrogen and oxygen atoms in total. The Morgan fingerprint density at radius 1 is 1.64 bits per heavy atom. The van der Waals surface area contributed by atoms with Crippen LogP contribution in [0.1, 0.15) is 27.2 Å². The molecule has 0 bridgehead atoms. The molecule has 1 rings (SSSR count). The highest BCUT2D eigenvalue weighted by molar-refractivity contribution is 5.52. The third-order valence-corrected chi connectivity index (χ3v) is 1.92. The van der Waals surface area contributed by atoms with Crippen molar-refractivity contribution in [3.8, 4) is 0 Å². The summed E-state index contributed by atoms with van der Waals surface area (Å²) in [7, 11) is 0. The van der Waals surface area contributed by atoms with Gasteiger partial charge in [-0.1, -0.05) is 20.8 Å². The second-order valence-electron chi connectivity index (χ2n) is 3.03. The van der Waals surface area contributed by atoms with E-state index in [1.165, 1.54) is 11.3 Å². The van der Waals surface area contributed by atoms with E-state index >= 15 is 0 Å². The second kappa shape index (κ2) is 3.56. The minimum atomic E-state index is 0.558. The standard InChI is InChI=1S/C9H15NO/c1-4-9-8(7(2)3)5-11-6-10-9/h6-7H,4-5H2,1-3H3. The lowest BCUT2D eigenvalue weighted by Crippen LogP contribution is -2.10. The van der Waals surface area contributed by atoms with E-state index in [-0.39, 0.29) is 0 Å². The average Bonchev–Trinajstić information content (AvgIpc) is 2.04. The molecule has 62 valence electrons. The molecule has 0 N–H and O–H groups in total. The van der Waals surface area contributed by atoms with Crippen molar-refractivity contribution in [2.24, 2.45) is 10.9 Å². The lowest BCUT2D eigenvalue weighted by molar-refractivity contribution is 0.331. The molecule has 0 saturated carbocycles. The Kier molecular flexibility index (Phi) is 2.69. The Bertz CT molecular complexity index is 192. The lowest BCUT2D eigenvalue weighted by Gasteiger charge is -2.17. The van der Waals surface area contributed by atoms with Gasteiger partial charge in [0.15, 0.2) is 6.40 Å². The van der Waals surface area contributed by atoms with Gasteiger partial charge in [-0.25, -0.2) is 4.99 Å². The van der Waals surface area contributed by atoms with Crippen molar-refractivity contribution < 1.29 is 4.74 Å². The fourth-order valence-corrected chi connectivity index (χ4v) is 1.21. The van der Waals surface area contributed by atoms with Crippen LogP contribution in [0, 0.1) is 5.92 Å². The summed E-state index contributed by atoms with van der Waals surface area (Å²) in [4.78, 5) is 4.18. The minimum absolute atomic E-state index is 0.558. The Labute approximate surface area is 68.0 Å². The first kappa shape index (κ1) is 8.31. The van der Waals surface area contributed by atoms with Crippen LogP contribution in [0.4, 0.5) is 0 Å². The van der Waals surface area contributed by atoms with Crippen LogP contribution in [0.3, 0.4) is 0 Å². The molecule has 0 aliphatic carbocycles. The Morgan fingerprint density at radius 3 is 2.82 bits per heavy atom. The van der Waals surface area contributed by atoms with Crippen LogP contribution in [0.2, 0.25) is 0 Å². The highest BCUT2D eigenvalue weighted by Crippen LogP contribution is 2.20. The predicted molar refractivity (Wildman–Crippen MR) is 46.6 cm³/mol. The fourth-order valence-electron chi connectivity index (χ4n) is 1.21. The van der Waals surface area contributed by atoms with E-state index in [0.717, 1.165) is 13.0 Å². The molecule has 0 fully saturated rings. The maximum atomic E-state index is 5.13. The first-order chi connectivity index (χ1) is 5.25. The Balaban J connectivity index is 2.82. The van der Waals surface area contributed by atoms with E-state index in [4.69, 9.17) is 4.74 Å². The summed E-state index contributed by atoms with van der Waals surface area (Å²) in [5.41, 5.74) is 2.54. The van der Waals surface area contributed by atoms with Gasteiger partial charge in [0, 0.05) is 5.70 Å². The van der Waals surface area contributed by atoms with E-state index in [2.05, 4.69) is 25.8 Å². The molecule has 0 unspecified atom stereocenters. The summed E-state index contributed by atoms with van der Waals surface area (Å²) in [5, 5.41) is 0. The van der Waals surface area contributed by atoms with Crippen molar-refractivity contribution in [2.75, 3.05) is 6.61 Å². The van der Waals surface area contributed by atoms with Gasteiger partial charge in [-0.3, -0.25) is 0 Å². The number of ether oxygens (including phenoxy) is 1. The summed E-state index contributed by atoms with van der Waals surface area (Å²) < 4.78 is 5.13. The van der Waals surface area contributed by atoms with E-state index in [1.54, 1.807) is 6.40 Å². The zero-order valence-electron chi connectivity index (χ0n) is 7.42. The minimum Gasteiger partial charge on any atom is -0.479 e. The van der Waals surface area contributed by atoms with Crippen molar-refractivity contribution in [1.82, 2.24) is 0 Å². The van der Waals surface area contributed by atoms with Crippen LogP contribution in [0.25, 0.3) is 0 Å². The molecular formula is C9H15NO. The Morgan fingerprint density at radius 2 is 2.36 bits per heavy atom. The van der Waals surface area contributed by atoms with Crippen LogP contribution in [-0.2, 0) is 4.74 Å². The van der Waals surface area contributed by atoms with Crippen LogP contribution in [0.15, 0.2) is 16.3 Å². The molecule has 0 aromatic carbocycles. The molecule has 0 amide bonds. The van der Waals surface area contributed by atoms with Crippen molar-refractivity contribution in [1.29, 1.82) is 0 Å². The summed E-state index contributed by atoms with van der Waals surface area (Å²) in [6.07, 6.45) is 2.55. The molecule has 1 aliphatic heterocycles. The largest absolute Gasteiger partial charge is 0.479 e. The molecule has 1 heterocycles. The van der Waals surface area contributed by atoms with Crippen LogP contribution in [0.5, 0.6) is 0 Å². The van der Waals surface area contributed by atoms with E-state index in [9.17, 15) is 0 Å². The molecule has 11 heavy (non-hydrogen) atoms. The van der Waals surface area contributed by atoms with Crippen molar-refractivity contribution in [2.45, 2.75) is 27.2 Å². The van der Waals surface area contributed by atoms with E-state index in [1.807, 2.05) is 0 Å². The molecule has 0 radical (unpaired) electrons. The smallest absolute Gasteiger partial charge is 0.174 e. The van der Waals surface area contributed by atoms with Gasteiger partial charge >= 0.3 is 0 Å². The molecule has 0 atom stereocenters. The third kappa shape index (κ3) is 1.82. The van der Waals surface area contributed by atoms with E-state index in [0.29, 0.717) is 5.92 Å². The van der Waals surface area contributed by atoms with Gasteiger partial charge in [0.05, 0.1) is 0 Å². The third-order valence-electron chi connectivity index (χ3n) is 1.92. The summed E-state index contributed by atoms with van der Waals surface area (Å²) >= 11 is 0. The number of allylic oxidation sites excluding steroid dienone is 1. The normalized spacial score (nSPS) is 17.5. The van der Waals surface area contributed by atoms with Crippen LogP contribution < -0.4 is 0 Å². The van der Waals surface area contributed by atoms with Crippen molar-refractivity contribution in [3.63, 3.8) is 0 Å². The van der Waals surface area contributed by atoms with Gasteiger partial charge in [0.1, 0.15) is 6.61 Å². The van der Waals surface area contributed by atoms with Crippen molar-refractivity contribution in [3.05, 3.63) is 11.3 Å². The zero-order chi connectivity index (χ0) is 8.27. The first-order valence-corrected chi connectivity index (χ1v) is 4.11. The lowest BCUT2D eigenvalue weighted by atomic mass is 10.0. The summed E-state index contributed by atoms with van der Waals surface area (Å²) in [5.74, 6) is 0.558. The first-order valence-electron chi connectivity index (χ1n) is 4.11. The Hall–Kier alpha value is -0.790. The van der Waals surface area contributed by atoms with E-state index < -0.39 is 0 Å². The molecule has 0 spiro atoms. The highest BCUT2D eigenvalue weighted by Gasteiger charge is 2.11. The van der Waals surface area contributed by atoms with Gasteiger partial charge in [0.2, 0.25) is 0 Å². The quantitative estimate of drug-likeness (QED) is 0.596. The number of hydrogen-bond donors (Lipinski definition) is 0. The average molecular weight is 153 g/mol. The SMILES string of the molecule is CCC1=C(C(C)C)COC=N1. The van der Waals surface area contributed by atoms with Gasteiger partial charge in [0.25, 0.3) is 0 Å². The molecule has 2 heteroatoms. The monoisotopic (exact) mass is 153 g/mol. The number of hydrogen-bond acceptors (Lipinski definition) is 2.